The molecule has 0 amide bonds. The van der Waals surface area contributed by atoms with Crippen molar-refractivity contribution in [3.05, 3.63) is 71.3 Å². The van der Waals surface area contributed by atoms with Gasteiger partial charge in [0.2, 0.25) is 0 Å². The van der Waals surface area contributed by atoms with Gasteiger partial charge >= 0.3 is 5.97 Å². The van der Waals surface area contributed by atoms with Crippen LogP contribution in [0.4, 0.5) is 0 Å². The first kappa shape index (κ1) is 11.9. The van der Waals surface area contributed by atoms with E-state index in [4.69, 9.17) is 5.11 Å². The molecular weight excluding hydrogens is 226 g/mol. The second kappa shape index (κ2) is 5.15. The fraction of sp³-hybridized carbons (Fsp3) is 0.0667. The molecule has 0 radical (unpaired) electrons. The number of nitrogens with zero attached hydrogens (tertiary/aromatic N) is 1. The first-order valence-electron chi connectivity index (χ1n) is 5.50. The minimum Gasteiger partial charge on any atom is -0.478 e. The van der Waals surface area contributed by atoms with Gasteiger partial charge in [0, 0.05) is 0 Å². The third-order valence-corrected chi connectivity index (χ3v) is 2.73. The summed E-state index contributed by atoms with van der Waals surface area (Å²) in [4.78, 5) is 10.9. The second-order valence-corrected chi connectivity index (χ2v) is 3.90. The Labute approximate surface area is 105 Å². The molecule has 2 aromatic carbocycles. The molecule has 1 atom stereocenters. The minimum atomic E-state index is -0.985. The number of carboxylic acid groups (broad SMARTS) is 1. The van der Waals surface area contributed by atoms with Gasteiger partial charge in [0.1, 0.15) is 0 Å². The topological polar surface area (TPSA) is 61.1 Å². The lowest BCUT2D eigenvalue weighted by atomic mass is 9.92. The highest BCUT2D eigenvalue weighted by Crippen LogP contribution is 2.24. The van der Waals surface area contributed by atoms with Crippen molar-refractivity contribution in [1.82, 2.24) is 0 Å². The van der Waals surface area contributed by atoms with Crippen LogP contribution in [0.5, 0.6) is 0 Å². The zero-order valence-electron chi connectivity index (χ0n) is 9.58. The third kappa shape index (κ3) is 2.38. The van der Waals surface area contributed by atoms with E-state index in [2.05, 4.69) is 6.07 Å². The Bertz CT molecular complexity index is 599. The first-order valence-corrected chi connectivity index (χ1v) is 5.50. The van der Waals surface area contributed by atoms with E-state index in [1.807, 2.05) is 30.3 Å². The smallest absolute Gasteiger partial charge is 0.335 e. The predicted octanol–water partition coefficient (Wildman–Crippen LogP) is 3.04. The molecule has 0 saturated heterocycles. The van der Waals surface area contributed by atoms with E-state index in [0.717, 1.165) is 5.56 Å². The van der Waals surface area contributed by atoms with Crippen LogP contribution in [0, 0.1) is 11.3 Å². The van der Waals surface area contributed by atoms with Gasteiger partial charge in [0.25, 0.3) is 0 Å². The van der Waals surface area contributed by atoms with Gasteiger partial charge in [-0.3, -0.25) is 0 Å². The molecule has 0 bridgehead atoms. The van der Waals surface area contributed by atoms with Crippen LogP contribution >= 0.6 is 0 Å². The minimum absolute atomic E-state index is 0.198. The maximum Gasteiger partial charge on any atom is 0.335 e. The highest BCUT2D eigenvalue weighted by Gasteiger charge is 2.14. The summed E-state index contributed by atoms with van der Waals surface area (Å²) in [5.41, 5.74) is 1.76. The van der Waals surface area contributed by atoms with Gasteiger partial charge in [-0.15, -0.1) is 0 Å². The molecule has 0 fully saturated rings. The molecule has 2 rings (SSSR count). The van der Waals surface area contributed by atoms with Crippen LogP contribution in [0.3, 0.4) is 0 Å². The van der Waals surface area contributed by atoms with Crippen molar-refractivity contribution < 1.29 is 9.90 Å². The lowest BCUT2D eigenvalue weighted by Crippen LogP contribution is -2.02. The fourth-order valence-electron chi connectivity index (χ4n) is 1.84. The summed E-state index contributed by atoms with van der Waals surface area (Å²) in [5.74, 6) is -1.42. The highest BCUT2D eigenvalue weighted by molar-refractivity contribution is 5.87. The van der Waals surface area contributed by atoms with Gasteiger partial charge in [-0.2, -0.15) is 5.26 Å². The lowest BCUT2D eigenvalue weighted by molar-refractivity contribution is 0.0697. The maximum absolute atomic E-state index is 10.9. The van der Waals surface area contributed by atoms with E-state index in [1.54, 1.807) is 18.2 Å². The largest absolute Gasteiger partial charge is 0.478 e. The molecule has 2 aromatic rings. The standard InChI is InChI=1S/C15H11NO2/c16-10-14(11-5-2-1-3-6-11)12-7-4-8-13(9-12)15(17)18/h1-9,14H,(H,17,18)/t14-/m0/s1. The monoisotopic (exact) mass is 237 g/mol. The molecule has 18 heavy (non-hydrogen) atoms. The van der Waals surface area contributed by atoms with Crippen LogP contribution in [-0.4, -0.2) is 11.1 Å². The molecule has 1 N–H and O–H groups in total. The maximum atomic E-state index is 10.9. The molecule has 0 aliphatic rings. The lowest BCUT2D eigenvalue weighted by Gasteiger charge is -2.10. The normalized spacial score (nSPS) is 11.5. The molecule has 3 heteroatoms. The van der Waals surface area contributed by atoms with Gasteiger partial charge in [-0.25, -0.2) is 4.79 Å². The van der Waals surface area contributed by atoms with Gasteiger partial charge in [-0.05, 0) is 23.3 Å². The molecule has 0 unspecified atom stereocenters. The Morgan fingerprint density at radius 1 is 1.06 bits per heavy atom. The molecule has 0 heterocycles. The van der Waals surface area contributed by atoms with Crippen LogP contribution in [0.2, 0.25) is 0 Å². The van der Waals surface area contributed by atoms with Crippen molar-refractivity contribution >= 4 is 5.97 Å². The Balaban J connectivity index is 2.44. The number of nitriles is 1. The quantitative estimate of drug-likeness (QED) is 0.892. The van der Waals surface area contributed by atoms with Crippen molar-refractivity contribution in [2.24, 2.45) is 0 Å². The predicted molar refractivity (Wildman–Crippen MR) is 67.3 cm³/mol. The van der Waals surface area contributed by atoms with Crippen molar-refractivity contribution in [2.75, 3.05) is 0 Å². The summed E-state index contributed by atoms with van der Waals surface area (Å²) in [7, 11) is 0. The first-order chi connectivity index (χ1) is 8.72. The third-order valence-electron chi connectivity index (χ3n) is 2.73. The number of benzene rings is 2. The summed E-state index contributed by atoms with van der Waals surface area (Å²) in [6, 6.07) is 18.0. The average Bonchev–Trinajstić information content (AvgIpc) is 2.41. The van der Waals surface area contributed by atoms with Crippen molar-refractivity contribution in [3.8, 4) is 6.07 Å². The Morgan fingerprint density at radius 2 is 1.72 bits per heavy atom. The van der Waals surface area contributed by atoms with Crippen molar-refractivity contribution in [2.45, 2.75) is 5.92 Å². The number of hydrogen-bond acceptors (Lipinski definition) is 2. The number of rotatable bonds is 3. The van der Waals surface area contributed by atoms with E-state index >= 15 is 0 Å². The van der Waals surface area contributed by atoms with E-state index in [0.29, 0.717) is 5.56 Å². The van der Waals surface area contributed by atoms with Crippen LogP contribution in [0.25, 0.3) is 0 Å². The number of hydrogen-bond donors (Lipinski definition) is 1. The summed E-state index contributed by atoms with van der Waals surface area (Å²) in [5, 5.41) is 18.2. The molecule has 0 aliphatic carbocycles. The summed E-state index contributed by atoms with van der Waals surface area (Å²) < 4.78 is 0. The fourth-order valence-corrected chi connectivity index (χ4v) is 1.84. The van der Waals surface area contributed by atoms with E-state index in [9.17, 15) is 10.1 Å². The van der Waals surface area contributed by atoms with Crippen LogP contribution in [0.1, 0.15) is 27.4 Å². The van der Waals surface area contributed by atoms with Crippen LogP contribution < -0.4 is 0 Å². The van der Waals surface area contributed by atoms with Gasteiger partial charge in [0.15, 0.2) is 0 Å². The zero-order valence-corrected chi connectivity index (χ0v) is 9.58. The van der Waals surface area contributed by atoms with Gasteiger partial charge < -0.3 is 5.11 Å². The molecule has 0 saturated carbocycles. The summed E-state index contributed by atoms with van der Waals surface area (Å²) in [6.45, 7) is 0. The Kier molecular flexibility index (Phi) is 3.40. The molecule has 0 spiro atoms. The Morgan fingerprint density at radius 3 is 2.33 bits per heavy atom. The van der Waals surface area contributed by atoms with E-state index < -0.39 is 11.9 Å². The SMILES string of the molecule is N#C[C@@H](c1ccccc1)c1cccc(C(=O)O)c1. The van der Waals surface area contributed by atoms with Crippen molar-refractivity contribution in [3.63, 3.8) is 0 Å². The summed E-state index contributed by atoms with van der Waals surface area (Å²) >= 11 is 0. The average molecular weight is 237 g/mol. The zero-order chi connectivity index (χ0) is 13.0. The second-order valence-electron chi connectivity index (χ2n) is 3.90. The molecule has 3 nitrogen and oxygen atoms in total. The molecule has 0 aliphatic heterocycles. The van der Waals surface area contributed by atoms with Crippen molar-refractivity contribution in [1.29, 1.82) is 5.26 Å². The highest BCUT2D eigenvalue weighted by atomic mass is 16.4. The van der Waals surface area contributed by atoms with Gasteiger partial charge in [0.05, 0.1) is 17.6 Å². The number of carbonyl (C=O) groups is 1. The number of carboxylic acids is 1. The number of aromatic carboxylic acids is 1. The van der Waals surface area contributed by atoms with E-state index in [1.165, 1.54) is 6.07 Å². The molecule has 88 valence electrons. The van der Waals surface area contributed by atoms with Crippen LogP contribution in [0.15, 0.2) is 54.6 Å². The summed E-state index contributed by atoms with van der Waals surface area (Å²) in [6.07, 6.45) is 0. The van der Waals surface area contributed by atoms with E-state index in [-0.39, 0.29) is 5.56 Å². The van der Waals surface area contributed by atoms with Crippen LogP contribution in [-0.2, 0) is 0 Å². The van der Waals surface area contributed by atoms with Gasteiger partial charge in [-0.1, -0.05) is 42.5 Å². The molecular formula is C15H11NO2. The molecule has 0 aromatic heterocycles. The Hall–Kier alpha value is -2.60.